The minimum Gasteiger partial charge on any atom is -0.392 e. The van der Waals surface area contributed by atoms with E-state index in [9.17, 15) is 9.50 Å². The maximum absolute atomic E-state index is 12.9. The van der Waals surface area contributed by atoms with Crippen LogP contribution in [0.1, 0.15) is 38.2 Å². The predicted octanol–water partition coefficient (Wildman–Crippen LogP) is 2.99. The van der Waals surface area contributed by atoms with E-state index in [0.29, 0.717) is 6.04 Å². The fraction of sp³-hybridized carbons (Fsp3) is 0.625. The number of aliphatic hydroxyl groups is 1. The lowest BCUT2D eigenvalue weighted by Crippen LogP contribution is -2.47. The number of hydrogen-bond acceptors (Lipinski definition) is 2. The van der Waals surface area contributed by atoms with Gasteiger partial charge >= 0.3 is 0 Å². The molecule has 2 atom stereocenters. The smallest absolute Gasteiger partial charge is 0.123 e. The van der Waals surface area contributed by atoms with Crippen molar-refractivity contribution >= 4 is 0 Å². The molecular weight excluding hydrogens is 241 g/mol. The number of benzene rings is 1. The summed E-state index contributed by atoms with van der Waals surface area (Å²) in [7, 11) is 0. The third-order valence-corrected chi connectivity index (χ3v) is 4.13. The van der Waals surface area contributed by atoms with Gasteiger partial charge < -0.3 is 5.11 Å². The normalized spacial score (nSPS) is 22.4. The van der Waals surface area contributed by atoms with Crippen molar-refractivity contribution in [1.82, 2.24) is 4.90 Å². The van der Waals surface area contributed by atoms with Crippen molar-refractivity contribution in [2.75, 3.05) is 13.1 Å². The van der Waals surface area contributed by atoms with Gasteiger partial charge in [0.15, 0.2) is 0 Å². The van der Waals surface area contributed by atoms with Crippen LogP contribution in [0.2, 0.25) is 0 Å². The number of piperidine rings is 1. The van der Waals surface area contributed by atoms with Gasteiger partial charge in [-0.25, -0.2) is 4.39 Å². The zero-order chi connectivity index (χ0) is 13.7. The summed E-state index contributed by atoms with van der Waals surface area (Å²) in [5.41, 5.74) is 1.16. The number of aliphatic hydroxyl groups excluding tert-OH is 1. The molecule has 0 amide bonds. The van der Waals surface area contributed by atoms with Crippen LogP contribution >= 0.6 is 0 Å². The molecule has 0 aromatic heterocycles. The van der Waals surface area contributed by atoms with Gasteiger partial charge in [0.1, 0.15) is 5.82 Å². The van der Waals surface area contributed by atoms with E-state index < -0.39 is 0 Å². The van der Waals surface area contributed by atoms with E-state index in [4.69, 9.17) is 0 Å². The molecule has 0 saturated carbocycles. The van der Waals surface area contributed by atoms with Gasteiger partial charge in [-0.2, -0.15) is 0 Å². The summed E-state index contributed by atoms with van der Waals surface area (Å²) in [4.78, 5) is 2.40. The first-order valence-corrected chi connectivity index (χ1v) is 7.37. The molecule has 1 aliphatic heterocycles. The molecule has 1 fully saturated rings. The number of likely N-dealkylation sites (tertiary alicyclic amines) is 1. The quantitative estimate of drug-likeness (QED) is 0.884. The van der Waals surface area contributed by atoms with Gasteiger partial charge in [-0.05, 0) is 49.9 Å². The lowest BCUT2D eigenvalue weighted by Gasteiger charge is -2.38. The Morgan fingerprint density at radius 3 is 2.74 bits per heavy atom. The highest BCUT2D eigenvalue weighted by molar-refractivity contribution is 5.16. The third-order valence-electron chi connectivity index (χ3n) is 4.13. The Kier molecular flexibility index (Phi) is 5.34. The molecule has 0 spiro atoms. The molecule has 1 saturated heterocycles. The zero-order valence-electron chi connectivity index (χ0n) is 11.7. The fourth-order valence-corrected chi connectivity index (χ4v) is 2.93. The Bertz CT molecular complexity index is 379. The summed E-state index contributed by atoms with van der Waals surface area (Å²) in [6, 6.07) is 7.04. The van der Waals surface area contributed by atoms with Gasteiger partial charge in [-0.15, -0.1) is 0 Å². The van der Waals surface area contributed by atoms with E-state index in [-0.39, 0.29) is 11.9 Å². The van der Waals surface area contributed by atoms with Crippen molar-refractivity contribution in [2.24, 2.45) is 0 Å². The van der Waals surface area contributed by atoms with Crippen LogP contribution in [0.5, 0.6) is 0 Å². The highest BCUT2D eigenvalue weighted by Crippen LogP contribution is 2.21. The first kappa shape index (κ1) is 14.5. The van der Waals surface area contributed by atoms with Gasteiger partial charge in [0.05, 0.1) is 6.10 Å². The zero-order valence-corrected chi connectivity index (χ0v) is 11.7. The molecule has 0 bridgehead atoms. The molecule has 2 nitrogen and oxygen atoms in total. The second kappa shape index (κ2) is 7.01. The molecule has 19 heavy (non-hydrogen) atoms. The third kappa shape index (κ3) is 4.02. The number of rotatable bonds is 5. The summed E-state index contributed by atoms with van der Waals surface area (Å²) in [5, 5.41) is 10.1. The van der Waals surface area contributed by atoms with Crippen LogP contribution in [0.15, 0.2) is 24.3 Å². The van der Waals surface area contributed by atoms with Crippen molar-refractivity contribution in [3.05, 3.63) is 35.6 Å². The Morgan fingerprint density at radius 2 is 2.05 bits per heavy atom. The molecule has 1 aromatic rings. The average molecular weight is 265 g/mol. The molecule has 1 N–H and O–H groups in total. The molecule has 1 heterocycles. The van der Waals surface area contributed by atoms with Gasteiger partial charge in [-0.1, -0.05) is 25.5 Å². The van der Waals surface area contributed by atoms with E-state index in [1.807, 2.05) is 19.1 Å². The van der Waals surface area contributed by atoms with Crippen molar-refractivity contribution in [3.63, 3.8) is 0 Å². The van der Waals surface area contributed by atoms with Crippen LogP contribution in [0, 0.1) is 5.82 Å². The standard InChI is InChI=1S/C16H24FNO/c1-2-16(19)15-5-3-4-11-18(15)12-10-13-6-8-14(17)9-7-13/h6-9,15-16,19H,2-5,10-12H2,1H3. The van der Waals surface area contributed by atoms with Crippen LogP contribution in [0.3, 0.4) is 0 Å². The Morgan fingerprint density at radius 1 is 1.32 bits per heavy atom. The largest absolute Gasteiger partial charge is 0.392 e. The molecule has 0 aliphatic carbocycles. The Balaban J connectivity index is 1.90. The summed E-state index contributed by atoms with van der Waals surface area (Å²) in [6.45, 7) is 4.06. The predicted molar refractivity (Wildman–Crippen MR) is 75.6 cm³/mol. The van der Waals surface area contributed by atoms with Gasteiger partial charge in [-0.3, -0.25) is 4.90 Å². The molecule has 0 radical (unpaired) electrons. The van der Waals surface area contributed by atoms with Crippen LogP contribution in [0.25, 0.3) is 0 Å². The fourth-order valence-electron chi connectivity index (χ4n) is 2.93. The van der Waals surface area contributed by atoms with Crippen LogP contribution in [-0.2, 0) is 6.42 Å². The van der Waals surface area contributed by atoms with Crippen molar-refractivity contribution in [1.29, 1.82) is 0 Å². The molecule has 106 valence electrons. The van der Waals surface area contributed by atoms with Gasteiger partial charge in [0.25, 0.3) is 0 Å². The maximum atomic E-state index is 12.9. The highest BCUT2D eigenvalue weighted by atomic mass is 19.1. The molecule has 1 aromatic carbocycles. The average Bonchev–Trinajstić information content (AvgIpc) is 2.46. The Labute approximate surface area is 115 Å². The SMILES string of the molecule is CCC(O)C1CCCCN1CCc1ccc(F)cc1. The summed E-state index contributed by atoms with van der Waals surface area (Å²) in [6.07, 6.45) is 5.06. The minimum absolute atomic E-state index is 0.180. The van der Waals surface area contributed by atoms with E-state index in [1.165, 1.54) is 25.0 Å². The summed E-state index contributed by atoms with van der Waals surface area (Å²) in [5.74, 6) is -0.180. The summed E-state index contributed by atoms with van der Waals surface area (Å²) < 4.78 is 12.9. The van der Waals surface area contributed by atoms with Crippen LogP contribution in [0.4, 0.5) is 4.39 Å². The van der Waals surface area contributed by atoms with Gasteiger partial charge in [0, 0.05) is 12.6 Å². The van der Waals surface area contributed by atoms with Gasteiger partial charge in [0.2, 0.25) is 0 Å². The summed E-state index contributed by atoms with van der Waals surface area (Å²) >= 11 is 0. The highest BCUT2D eigenvalue weighted by Gasteiger charge is 2.27. The molecule has 3 heteroatoms. The molecular formula is C16H24FNO. The molecule has 1 aliphatic rings. The lowest BCUT2D eigenvalue weighted by molar-refractivity contribution is 0.0247. The van der Waals surface area contributed by atoms with Crippen molar-refractivity contribution in [3.8, 4) is 0 Å². The Hall–Kier alpha value is -0.930. The van der Waals surface area contributed by atoms with E-state index >= 15 is 0 Å². The number of nitrogens with zero attached hydrogens (tertiary/aromatic N) is 1. The number of halogens is 1. The first-order chi connectivity index (χ1) is 9.20. The second-order valence-corrected chi connectivity index (χ2v) is 5.45. The van der Waals surface area contributed by atoms with Crippen molar-refractivity contribution in [2.45, 2.75) is 51.2 Å². The van der Waals surface area contributed by atoms with Crippen LogP contribution in [-0.4, -0.2) is 35.2 Å². The second-order valence-electron chi connectivity index (χ2n) is 5.45. The number of hydrogen-bond donors (Lipinski definition) is 1. The lowest BCUT2D eigenvalue weighted by atomic mass is 9.95. The minimum atomic E-state index is -0.214. The monoisotopic (exact) mass is 265 g/mol. The molecule has 2 rings (SSSR count). The van der Waals surface area contributed by atoms with Crippen LogP contribution < -0.4 is 0 Å². The van der Waals surface area contributed by atoms with E-state index in [1.54, 1.807) is 0 Å². The van der Waals surface area contributed by atoms with Crippen molar-refractivity contribution < 1.29 is 9.50 Å². The maximum Gasteiger partial charge on any atom is 0.123 e. The van der Waals surface area contributed by atoms with E-state index in [2.05, 4.69) is 4.90 Å². The topological polar surface area (TPSA) is 23.5 Å². The van der Waals surface area contributed by atoms with E-state index in [0.717, 1.165) is 37.9 Å². The molecule has 2 unspecified atom stereocenters. The first-order valence-electron chi connectivity index (χ1n) is 7.37.